The number of nitrogens with zero attached hydrogens (tertiary/aromatic N) is 3. The van der Waals surface area contributed by atoms with Gasteiger partial charge in [0.2, 0.25) is 0 Å². The summed E-state index contributed by atoms with van der Waals surface area (Å²) in [5, 5.41) is 7.63. The van der Waals surface area contributed by atoms with Gasteiger partial charge in [-0.3, -0.25) is 0 Å². The van der Waals surface area contributed by atoms with E-state index in [-0.39, 0.29) is 0 Å². The number of rotatable bonds is 1. The van der Waals surface area contributed by atoms with Crippen LogP contribution in [0.1, 0.15) is 11.4 Å². The number of aromatic nitrogens is 3. The van der Waals surface area contributed by atoms with Crippen LogP contribution in [-0.2, 0) is 13.5 Å². The molecule has 0 saturated carbocycles. The van der Waals surface area contributed by atoms with Crippen molar-refractivity contribution >= 4 is 5.69 Å². The van der Waals surface area contributed by atoms with Crippen molar-refractivity contribution in [1.82, 2.24) is 14.8 Å². The van der Waals surface area contributed by atoms with Crippen molar-refractivity contribution in [3.63, 3.8) is 0 Å². The molecule has 1 aromatic carbocycles. The molecule has 1 N–H and O–H groups in total. The normalized spacial score (nSPS) is 13.6. The van der Waals surface area contributed by atoms with Crippen molar-refractivity contribution in [3.05, 3.63) is 29.6 Å². The molecule has 0 unspecified atom stereocenters. The molecule has 2 aromatic rings. The van der Waals surface area contributed by atoms with Crippen molar-refractivity contribution in [1.29, 1.82) is 0 Å². The predicted molar refractivity (Wildman–Crippen MR) is 63.4 cm³/mol. The molecular weight excluding hydrogens is 200 g/mol. The van der Waals surface area contributed by atoms with E-state index in [1.165, 1.54) is 11.3 Å². The van der Waals surface area contributed by atoms with Gasteiger partial charge in [0.1, 0.15) is 5.82 Å². The van der Waals surface area contributed by atoms with Gasteiger partial charge in [-0.05, 0) is 37.1 Å². The van der Waals surface area contributed by atoms with Crippen LogP contribution in [0.3, 0.4) is 0 Å². The molecule has 0 fully saturated rings. The van der Waals surface area contributed by atoms with E-state index in [9.17, 15) is 0 Å². The lowest BCUT2D eigenvalue weighted by molar-refractivity contribution is 0.764. The first kappa shape index (κ1) is 9.39. The van der Waals surface area contributed by atoms with Crippen molar-refractivity contribution in [2.45, 2.75) is 13.3 Å². The third-order valence-electron chi connectivity index (χ3n) is 2.94. The second-order valence-corrected chi connectivity index (χ2v) is 4.15. The standard InChI is InChI=1S/C12H14N4/c1-8-14-12(16(2)15-8)10-3-4-11-9(7-10)5-6-13-11/h3-4,7,13H,5-6H2,1-2H3. The minimum absolute atomic E-state index is 0.816. The number of fused-ring (bicyclic) bond motifs is 1. The van der Waals surface area contributed by atoms with Crippen LogP contribution in [0, 0.1) is 6.92 Å². The Hall–Kier alpha value is -1.84. The van der Waals surface area contributed by atoms with Gasteiger partial charge in [0, 0.05) is 24.8 Å². The maximum absolute atomic E-state index is 4.44. The Morgan fingerprint density at radius 1 is 1.38 bits per heavy atom. The zero-order chi connectivity index (χ0) is 11.1. The lowest BCUT2D eigenvalue weighted by atomic mass is 10.1. The molecule has 82 valence electrons. The first-order valence-electron chi connectivity index (χ1n) is 5.49. The summed E-state index contributed by atoms with van der Waals surface area (Å²) in [6, 6.07) is 6.43. The number of benzene rings is 1. The summed E-state index contributed by atoms with van der Waals surface area (Å²) >= 11 is 0. The summed E-state index contributed by atoms with van der Waals surface area (Å²) in [5.74, 6) is 1.75. The number of anilines is 1. The van der Waals surface area contributed by atoms with Crippen LogP contribution in [0.25, 0.3) is 11.4 Å². The average Bonchev–Trinajstić information content (AvgIpc) is 2.83. The van der Waals surface area contributed by atoms with E-state index in [0.717, 1.165) is 30.2 Å². The molecule has 0 atom stereocenters. The smallest absolute Gasteiger partial charge is 0.158 e. The molecular formula is C12H14N4. The average molecular weight is 214 g/mol. The van der Waals surface area contributed by atoms with Crippen LogP contribution >= 0.6 is 0 Å². The Balaban J connectivity index is 2.10. The van der Waals surface area contributed by atoms with Crippen molar-refractivity contribution in [2.24, 2.45) is 7.05 Å². The number of nitrogens with one attached hydrogen (secondary N) is 1. The van der Waals surface area contributed by atoms with E-state index in [1.54, 1.807) is 0 Å². The summed E-state index contributed by atoms with van der Waals surface area (Å²) in [5.41, 5.74) is 3.77. The molecule has 0 amide bonds. The van der Waals surface area contributed by atoms with Gasteiger partial charge in [-0.15, -0.1) is 0 Å². The summed E-state index contributed by atoms with van der Waals surface area (Å²) in [6.07, 6.45) is 1.10. The molecule has 16 heavy (non-hydrogen) atoms. The molecule has 0 bridgehead atoms. The van der Waals surface area contributed by atoms with Crippen LogP contribution in [0.2, 0.25) is 0 Å². The zero-order valence-corrected chi connectivity index (χ0v) is 9.49. The maximum atomic E-state index is 4.44. The molecule has 2 heterocycles. The molecule has 0 aliphatic carbocycles. The van der Waals surface area contributed by atoms with E-state index in [1.807, 2.05) is 18.7 Å². The van der Waals surface area contributed by atoms with Gasteiger partial charge < -0.3 is 5.32 Å². The van der Waals surface area contributed by atoms with E-state index in [2.05, 4.69) is 33.6 Å². The molecule has 1 aliphatic heterocycles. The minimum atomic E-state index is 0.816. The second kappa shape index (κ2) is 3.33. The molecule has 3 rings (SSSR count). The van der Waals surface area contributed by atoms with Gasteiger partial charge in [0.25, 0.3) is 0 Å². The van der Waals surface area contributed by atoms with E-state index in [0.29, 0.717) is 0 Å². The highest BCUT2D eigenvalue weighted by Gasteiger charge is 2.13. The highest BCUT2D eigenvalue weighted by atomic mass is 15.3. The van der Waals surface area contributed by atoms with Crippen molar-refractivity contribution in [2.75, 3.05) is 11.9 Å². The topological polar surface area (TPSA) is 42.7 Å². The summed E-state index contributed by atoms with van der Waals surface area (Å²) < 4.78 is 1.83. The Labute approximate surface area is 94.3 Å². The van der Waals surface area contributed by atoms with Gasteiger partial charge in [-0.25, -0.2) is 9.67 Å². The number of hydrogen-bond acceptors (Lipinski definition) is 3. The van der Waals surface area contributed by atoms with Gasteiger partial charge >= 0.3 is 0 Å². The van der Waals surface area contributed by atoms with Crippen LogP contribution in [0.15, 0.2) is 18.2 Å². The largest absolute Gasteiger partial charge is 0.384 e. The highest BCUT2D eigenvalue weighted by Crippen LogP contribution is 2.27. The molecule has 1 aromatic heterocycles. The molecule has 4 heteroatoms. The Morgan fingerprint density at radius 2 is 2.25 bits per heavy atom. The first-order valence-corrected chi connectivity index (χ1v) is 5.49. The fourth-order valence-corrected chi connectivity index (χ4v) is 2.21. The lowest BCUT2D eigenvalue weighted by Crippen LogP contribution is -1.95. The van der Waals surface area contributed by atoms with Crippen LogP contribution in [0.4, 0.5) is 5.69 Å². The Bertz CT molecular complexity index is 542. The first-order chi connectivity index (χ1) is 7.74. The fourth-order valence-electron chi connectivity index (χ4n) is 2.21. The van der Waals surface area contributed by atoms with Crippen LogP contribution < -0.4 is 5.32 Å². The molecule has 0 spiro atoms. The predicted octanol–water partition coefficient (Wildman–Crippen LogP) is 1.76. The fraction of sp³-hybridized carbons (Fsp3) is 0.333. The Morgan fingerprint density at radius 3 is 3.00 bits per heavy atom. The minimum Gasteiger partial charge on any atom is -0.384 e. The number of hydrogen-bond donors (Lipinski definition) is 1. The van der Waals surface area contributed by atoms with E-state index in [4.69, 9.17) is 0 Å². The van der Waals surface area contributed by atoms with Crippen LogP contribution in [0.5, 0.6) is 0 Å². The third kappa shape index (κ3) is 1.38. The van der Waals surface area contributed by atoms with Gasteiger partial charge in [-0.1, -0.05) is 0 Å². The maximum Gasteiger partial charge on any atom is 0.158 e. The molecule has 1 aliphatic rings. The van der Waals surface area contributed by atoms with E-state index >= 15 is 0 Å². The molecule has 4 nitrogen and oxygen atoms in total. The van der Waals surface area contributed by atoms with Gasteiger partial charge in [0.15, 0.2) is 5.82 Å². The third-order valence-corrected chi connectivity index (χ3v) is 2.94. The highest BCUT2D eigenvalue weighted by molar-refractivity contribution is 5.65. The van der Waals surface area contributed by atoms with Gasteiger partial charge in [0.05, 0.1) is 0 Å². The second-order valence-electron chi connectivity index (χ2n) is 4.15. The molecule has 0 saturated heterocycles. The summed E-state index contributed by atoms with van der Waals surface area (Å²) in [7, 11) is 1.93. The van der Waals surface area contributed by atoms with E-state index < -0.39 is 0 Å². The zero-order valence-electron chi connectivity index (χ0n) is 9.49. The SMILES string of the molecule is Cc1nc(-c2ccc3c(c2)CCN3)n(C)n1. The van der Waals surface area contributed by atoms with Crippen molar-refractivity contribution < 1.29 is 0 Å². The Kier molecular flexibility index (Phi) is 1.96. The summed E-state index contributed by atoms with van der Waals surface area (Å²) in [4.78, 5) is 4.44. The van der Waals surface area contributed by atoms with Crippen molar-refractivity contribution in [3.8, 4) is 11.4 Å². The molecule has 0 radical (unpaired) electrons. The quantitative estimate of drug-likeness (QED) is 0.786. The monoisotopic (exact) mass is 214 g/mol. The van der Waals surface area contributed by atoms with Gasteiger partial charge in [-0.2, -0.15) is 5.10 Å². The van der Waals surface area contributed by atoms with Crippen LogP contribution in [-0.4, -0.2) is 21.3 Å². The summed E-state index contributed by atoms with van der Waals surface area (Å²) in [6.45, 7) is 2.95. The number of aryl methyl sites for hydroxylation is 2. The lowest BCUT2D eigenvalue weighted by Gasteiger charge is -2.03.